The summed E-state index contributed by atoms with van der Waals surface area (Å²) in [6.45, 7) is 0. The Balaban J connectivity index is 2.23. The number of carboxylic acid groups (broad SMARTS) is 1. The second-order valence-corrected chi connectivity index (χ2v) is 6.00. The second-order valence-electron chi connectivity index (χ2n) is 4.45. The molecule has 6 heteroatoms. The molecule has 1 N–H and O–H groups in total. The lowest BCUT2D eigenvalue weighted by Gasteiger charge is -2.08. The molecule has 22 heavy (non-hydrogen) atoms. The third kappa shape index (κ3) is 4.26. The summed E-state index contributed by atoms with van der Waals surface area (Å²) in [5, 5.41) is 9.21. The molecule has 0 unspecified atom stereocenters. The molecule has 0 aromatic heterocycles. The average molecular weight is 337 g/mol. The molecule has 0 radical (unpaired) electrons. The van der Waals surface area contributed by atoms with E-state index in [0.717, 1.165) is 15.4 Å². The largest absolute Gasteiger partial charge is 0.481 e. The van der Waals surface area contributed by atoms with Gasteiger partial charge in [-0.25, -0.2) is 4.79 Å². The van der Waals surface area contributed by atoms with Crippen LogP contribution in [-0.4, -0.2) is 24.2 Å². The average Bonchev–Trinajstić information content (AvgIpc) is 2.49. The summed E-state index contributed by atoms with van der Waals surface area (Å²) in [5.41, 5.74) is 1.12. The number of rotatable bonds is 5. The van der Waals surface area contributed by atoms with Crippen molar-refractivity contribution in [3.63, 3.8) is 0 Å². The van der Waals surface area contributed by atoms with Crippen molar-refractivity contribution in [3.8, 4) is 0 Å². The van der Waals surface area contributed by atoms with Crippen molar-refractivity contribution in [3.05, 3.63) is 58.6 Å². The Morgan fingerprint density at radius 1 is 1.18 bits per heavy atom. The van der Waals surface area contributed by atoms with Crippen molar-refractivity contribution in [1.82, 2.24) is 0 Å². The Hall–Kier alpha value is -1.98. The number of methoxy groups -OCH3 is 1. The zero-order chi connectivity index (χ0) is 16.1. The van der Waals surface area contributed by atoms with Crippen molar-refractivity contribution in [2.75, 3.05) is 7.11 Å². The van der Waals surface area contributed by atoms with E-state index in [1.165, 1.54) is 18.9 Å². The number of halogens is 1. The molecule has 0 spiro atoms. The molecule has 0 heterocycles. The van der Waals surface area contributed by atoms with Gasteiger partial charge < -0.3 is 9.84 Å². The molecule has 4 nitrogen and oxygen atoms in total. The number of carbonyl (C=O) groups excluding carboxylic acids is 1. The van der Waals surface area contributed by atoms with Crippen LogP contribution in [0.1, 0.15) is 15.9 Å². The number of ether oxygens (including phenoxy) is 1. The minimum Gasteiger partial charge on any atom is -0.481 e. The number of carbonyl (C=O) groups is 2. The molecule has 114 valence electrons. The summed E-state index contributed by atoms with van der Waals surface area (Å²) in [4.78, 5) is 24.1. The molecular weight excluding hydrogens is 324 g/mol. The van der Waals surface area contributed by atoms with Gasteiger partial charge in [0.2, 0.25) is 0 Å². The van der Waals surface area contributed by atoms with Crippen LogP contribution < -0.4 is 0 Å². The topological polar surface area (TPSA) is 63.6 Å². The minimum atomic E-state index is -0.869. The highest BCUT2D eigenvalue weighted by Gasteiger charge is 2.13. The van der Waals surface area contributed by atoms with Gasteiger partial charge in [0.05, 0.1) is 19.1 Å². The Kier molecular flexibility index (Phi) is 5.46. The van der Waals surface area contributed by atoms with E-state index in [-0.39, 0.29) is 6.42 Å². The van der Waals surface area contributed by atoms with Gasteiger partial charge in [0.1, 0.15) is 0 Å². The molecule has 0 saturated carbocycles. The summed E-state index contributed by atoms with van der Waals surface area (Å²) in [7, 11) is 1.32. The number of aliphatic carboxylic acids is 1. The van der Waals surface area contributed by atoms with E-state index in [1.807, 2.05) is 12.1 Å². The van der Waals surface area contributed by atoms with Gasteiger partial charge >= 0.3 is 11.9 Å². The van der Waals surface area contributed by atoms with E-state index >= 15 is 0 Å². The van der Waals surface area contributed by atoms with Crippen molar-refractivity contribution in [2.24, 2.45) is 0 Å². The van der Waals surface area contributed by atoms with Crippen molar-refractivity contribution in [1.29, 1.82) is 0 Å². The monoisotopic (exact) mass is 336 g/mol. The lowest BCUT2D eigenvalue weighted by atomic mass is 10.2. The molecule has 0 aliphatic carbocycles. The molecule has 0 aliphatic heterocycles. The maximum Gasteiger partial charge on any atom is 0.339 e. The molecular formula is C16H13ClO4S. The summed E-state index contributed by atoms with van der Waals surface area (Å²) in [6, 6.07) is 12.2. The number of hydrogen-bond acceptors (Lipinski definition) is 4. The van der Waals surface area contributed by atoms with Crippen LogP contribution in [0.3, 0.4) is 0 Å². The first-order valence-electron chi connectivity index (χ1n) is 6.36. The molecule has 2 aromatic rings. The van der Waals surface area contributed by atoms with Crippen LogP contribution in [0.25, 0.3) is 0 Å². The molecule has 0 bridgehead atoms. The van der Waals surface area contributed by atoms with E-state index in [4.69, 9.17) is 21.4 Å². The Bertz CT molecular complexity index is 698. The van der Waals surface area contributed by atoms with E-state index in [0.29, 0.717) is 10.6 Å². The zero-order valence-electron chi connectivity index (χ0n) is 11.7. The van der Waals surface area contributed by atoms with E-state index in [2.05, 4.69) is 0 Å². The van der Waals surface area contributed by atoms with E-state index in [9.17, 15) is 9.59 Å². The molecule has 0 saturated heterocycles. The van der Waals surface area contributed by atoms with Gasteiger partial charge in [-0.2, -0.15) is 0 Å². The lowest BCUT2D eigenvalue weighted by molar-refractivity contribution is -0.136. The molecule has 2 aromatic carbocycles. The van der Waals surface area contributed by atoms with Crippen LogP contribution >= 0.6 is 23.4 Å². The minimum absolute atomic E-state index is 0.0146. The van der Waals surface area contributed by atoms with Gasteiger partial charge in [-0.15, -0.1) is 0 Å². The summed E-state index contributed by atoms with van der Waals surface area (Å²) in [6.07, 6.45) is -0.0146. The standard InChI is InChI=1S/C16H13ClO4S/c1-21-16(20)13-9-11(17)4-7-14(13)22-12-5-2-10(3-6-12)8-15(18)19/h2-7,9H,8H2,1H3,(H,18,19). The van der Waals surface area contributed by atoms with Crippen molar-refractivity contribution >= 4 is 35.3 Å². The Morgan fingerprint density at radius 2 is 1.86 bits per heavy atom. The van der Waals surface area contributed by atoms with Gasteiger partial charge in [-0.1, -0.05) is 35.5 Å². The highest BCUT2D eigenvalue weighted by molar-refractivity contribution is 7.99. The van der Waals surface area contributed by atoms with Gasteiger partial charge in [0.25, 0.3) is 0 Å². The maximum absolute atomic E-state index is 11.8. The fourth-order valence-corrected chi connectivity index (χ4v) is 2.92. The summed E-state index contributed by atoms with van der Waals surface area (Å²) >= 11 is 7.30. The third-order valence-electron chi connectivity index (χ3n) is 2.85. The van der Waals surface area contributed by atoms with Gasteiger partial charge in [0.15, 0.2) is 0 Å². The normalized spacial score (nSPS) is 10.3. The molecule has 0 fully saturated rings. The number of esters is 1. The summed E-state index contributed by atoms with van der Waals surface area (Å²) < 4.78 is 4.76. The van der Waals surface area contributed by atoms with Crippen LogP contribution in [0, 0.1) is 0 Å². The second kappa shape index (κ2) is 7.33. The van der Waals surface area contributed by atoms with Gasteiger partial charge in [0, 0.05) is 14.8 Å². The first kappa shape index (κ1) is 16.4. The van der Waals surface area contributed by atoms with Crippen LogP contribution in [0.15, 0.2) is 52.3 Å². The Labute approximate surface area is 137 Å². The number of carboxylic acids is 1. The van der Waals surface area contributed by atoms with Crippen LogP contribution in [-0.2, 0) is 16.0 Å². The van der Waals surface area contributed by atoms with Crippen molar-refractivity contribution < 1.29 is 19.4 Å². The van der Waals surface area contributed by atoms with E-state index in [1.54, 1.807) is 30.3 Å². The lowest BCUT2D eigenvalue weighted by Crippen LogP contribution is -2.03. The highest BCUT2D eigenvalue weighted by atomic mass is 35.5. The molecule has 0 amide bonds. The summed E-state index contributed by atoms with van der Waals surface area (Å²) in [5.74, 6) is -1.32. The zero-order valence-corrected chi connectivity index (χ0v) is 13.3. The highest BCUT2D eigenvalue weighted by Crippen LogP contribution is 2.32. The first-order valence-corrected chi connectivity index (χ1v) is 7.55. The predicted octanol–water partition coefficient (Wildman–Crippen LogP) is 3.90. The van der Waals surface area contributed by atoms with Crippen molar-refractivity contribution in [2.45, 2.75) is 16.2 Å². The Morgan fingerprint density at radius 3 is 2.45 bits per heavy atom. The fourth-order valence-electron chi connectivity index (χ4n) is 1.84. The molecule has 0 atom stereocenters. The fraction of sp³-hybridized carbons (Fsp3) is 0.125. The van der Waals surface area contributed by atoms with Crippen LogP contribution in [0.4, 0.5) is 0 Å². The van der Waals surface area contributed by atoms with Crippen LogP contribution in [0.5, 0.6) is 0 Å². The third-order valence-corrected chi connectivity index (χ3v) is 4.17. The van der Waals surface area contributed by atoms with Gasteiger partial charge in [-0.05, 0) is 35.9 Å². The quantitative estimate of drug-likeness (QED) is 0.839. The number of hydrogen-bond donors (Lipinski definition) is 1. The van der Waals surface area contributed by atoms with Crippen LogP contribution in [0.2, 0.25) is 5.02 Å². The molecule has 0 aliphatic rings. The van der Waals surface area contributed by atoms with Gasteiger partial charge in [-0.3, -0.25) is 4.79 Å². The smallest absolute Gasteiger partial charge is 0.339 e. The molecule has 2 rings (SSSR count). The van der Waals surface area contributed by atoms with E-state index < -0.39 is 11.9 Å². The SMILES string of the molecule is COC(=O)c1cc(Cl)ccc1Sc1ccc(CC(=O)O)cc1. The predicted molar refractivity (Wildman–Crippen MR) is 84.7 cm³/mol. The maximum atomic E-state index is 11.8. The number of benzene rings is 2. The first-order chi connectivity index (χ1) is 10.5.